The van der Waals surface area contributed by atoms with Gasteiger partial charge in [0.2, 0.25) is 5.91 Å². The number of aromatic nitrogens is 2. The molecule has 4 aromatic rings. The highest BCUT2D eigenvalue weighted by Crippen LogP contribution is 2.29. The van der Waals surface area contributed by atoms with Gasteiger partial charge in [0, 0.05) is 51.8 Å². The van der Waals surface area contributed by atoms with Crippen LogP contribution in [0.5, 0.6) is 0 Å². The minimum absolute atomic E-state index is 0.133. The van der Waals surface area contributed by atoms with E-state index >= 15 is 0 Å². The molecule has 33 heavy (non-hydrogen) atoms. The Hall–Kier alpha value is -3.93. The number of amides is 2. The maximum atomic E-state index is 12.6. The summed E-state index contributed by atoms with van der Waals surface area (Å²) < 4.78 is 0. The van der Waals surface area contributed by atoms with E-state index in [0.29, 0.717) is 5.56 Å². The second kappa shape index (κ2) is 9.28. The van der Waals surface area contributed by atoms with Gasteiger partial charge in [-0.25, -0.2) is 0 Å². The highest BCUT2D eigenvalue weighted by atomic mass is 16.2. The Balaban J connectivity index is 1.28. The molecule has 1 aliphatic rings. The molecule has 2 aromatic heterocycles. The van der Waals surface area contributed by atoms with Crippen LogP contribution >= 0.6 is 0 Å². The fraction of sp³-hybridized carbons (Fsp3) is 0.222. The first-order valence-corrected chi connectivity index (χ1v) is 11.4. The molecule has 1 fully saturated rings. The predicted molar refractivity (Wildman–Crippen MR) is 131 cm³/mol. The van der Waals surface area contributed by atoms with Crippen molar-refractivity contribution in [3.05, 3.63) is 78.6 Å². The Labute approximate surface area is 192 Å². The third kappa shape index (κ3) is 4.80. The van der Waals surface area contributed by atoms with Crippen LogP contribution in [0.1, 0.15) is 42.5 Å². The minimum Gasteiger partial charge on any atom is -0.355 e. The largest absolute Gasteiger partial charge is 0.355 e. The molecule has 2 heterocycles. The molecular formula is C27H26N4O2. The van der Waals surface area contributed by atoms with Crippen LogP contribution in [0.3, 0.4) is 0 Å². The van der Waals surface area contributed by atoms with Crippen molar-refractivity contribution in [3.8, 4) is 11.3 Å². The number of anilines is 2. The first-order chi connectivity index (χ1) is 16.2. The van der Waals surface area contributed by atoms with Crippen molar-refractivity contribution < 1.29 is 9.59 Å². The van der Waals surface area contributed by atoms with Crippen LogP contribution in [0, 0.1) is 5.92 Å². The minimum atomic E-state index is -0.168. The monoisotopic (exact) mass is 438 g/mol. The van der Waals surface area contributed by atoms with Gasteiger partial charge >= 0.3 is 0 Å². The molecule has 0 atom stereocenters. The van der Waals surface area contributed by atoms with Gasteiger partial charge < -0.3 is 15.6 Å². The van der Waals surface area contributed by atoms with Crippen molar-refractivity contribution in [1.29, 1.82) is 0 Å². The SMILES string of the molecule is O=C(Nc1ccc(-c2cc3cc(NC(=O)C4CCCCC4)ccc3[nH]2)cc1)c1ccncc1. The van der Waals surface area contributed by atoms with Gasteiger partial charge in [0.25, 0.3) is 5.91 Å². The molecule has 5 rings (SSSR count). The molecule has 2 aromatic carbocycles. The number of pyridine rings is 1. The van der Waals surface area contributed by atoms with Crippen LogP contribution in [0.25, 0.3) is 22.2 Å². The topological polar surface area (TPSA) is 86.9 Å². The second-order valence-electron chi connectivity index (χ2n) is 8.58. The van der Waals surface area contributed by atoms with Crippen molar-refractivity contribution in [2.24, 2.45) is 5.92 Å². The molecule has 2 amide bonds. The Bertz CT molecular complexity index is 1270. The molecule has 1 saturated carbocycles. The third-order valence-electron chi connectivity index (χ3n) is 6.26. The summed E-state index contributed by atoms with van der Waals surface area (Å²) in [6.45, 7) is 0. The molecule has 6 heteroatoms. The second-order valence-corrected chi connectivity index (χ2v) is 8.58. The summed E-state index contributed by atoms with van der Waals surface area (Å²) in [6.07, 6.45) is 8.69. The van der Waals surface area contributed by atoms with Crippen LogP contribution < -0.4 is 10.6 Å². The summed E-state index contributed by atoms with van der Waals surface area (Å²) in [5.41, 5.74) is 5.13. The highest BCUT2D eigenvalue weighted by Gasteiger charge is 2.21. The zero-order chi connectivity index (χ0) is 22.6. The number of aromatic amines is 1. The number of hydrogen-bond donors (Lipinski definition) is 3. The Morgan fingerprint density at radius 3 is 2.30 bits per heavy atom. The lowest BCUT2D eigenvalue weighted by Crippen LogP contribution is -2.24. The summed E-state index contributed by atoms with van der Waals surface area (Å²) in [7, 11) is 0. The Morgan fingerprint density at radius 1 is 0.818 bits per heavy atom. The van der Waals surface area contributed by atoms with Crippen molar-refractivity contribution in [1.82, 2.24) is 9.97 Å². The van der Waals surface area contributed by atoms with Gasteiger partial charge in [0.05, 0.1) is 0 Å². The fourth-order valence-corrected chi connectivity index (χ4v) is 4.41. The Kier molecular flexibility index (Phi) is 5.89. The number of H-pyrrole nitrogens is 1. The molecule has 0 saturated heterocycles. The average Bonchev–Trinajstić information content (AvgIpc) is 3.29. The van der Waals surface area contributed by atoms with E-state index in [2.05, 4.69) is 26.7 Å². The molecule has 3 N–H and O–H groups in total. The van der Waals surface area contributed by atoms with Gasteiger partial charge in [-0.1, -0.05) is 31.4 Å². The van der Waals surface area contributed by atoms with E-state index in [1.165, 1.54) is 6.42 Å². The summed E-state index contributed by atoms with van der Waals surface area (Å²) in [5.74, 6) is 0.0987. The molecule has 0 unspecified atom stereocenters. The van der Waals surface area contributed by atoms with Crippen LogP contribution in [-0.4, -0.2) is 21.8 Å². The number of hydrogen-bond acceptors (Lipinski definition) is 3. The van der Waals surface area contributed by atoms with Crippen molar-refractivity contribution in [2.45, 2.75) is 32.1 Å². The van der Waals surface area contributed by atoms with E-state index in [4.69, 9.17) is 0 Å². The lowest BCUT2D eigenvalue weighted by atomic mass is 9.88. The van der Waals surface area contributed by atoms with Gasteiger partial charge in [-0.05, 0) is 66.9 Å². The van der Waals surface area contributed by atoms with Gasteiger partial charge in [0.15, 0.2) is 0 Å². The predicted octanol–water partition coefficient (Wildman–Crippen LogP) is 6.00. The molecule has 6 nitrogen and oxygen atoms in total. The molecule has 0 spiro atoms. The van der Waals surface area contributed by atoms with E-state index < -0.39 is 0 Å². The zero-order valence-electron chi connectivity index (χ0n) is 18.3. The quantitative estimate of drug-likeness (QED) is 0.357. The van der Waals surface area contributed by atoms with Gasteiger partial charge in [0.1, 0.15) is 0 Å². The summed E-state index contributed by atoms with van der Waals surface area (Å²) >= 11 is 0. The number of fused-ring (bicyclic) bond motifs is 1. The van der Waals surface area contributed by atoms with Crippen molar-refractivity contribution in [3.63, 3.8) is 0 Å². The maximum absolute atomic E-state index is 12.6. The molecule has 0 radical (unpaired) electrons. The van der Waals surface area contributed by atoms with E-state index in [9.17, 15) is 9.59 Å². The van der Waals surface area contributed by atoms with E-state index in [0.717, 1.165) is 59.2 Å². The lowest BCUT2D eigenvalue weighted by molar-refractivity contribution is -0.120. The maximum Gasteiger partial charge on any atom is 0.255 e. The lowest BCUT2D eigenvalue weighted by Gasteiger charge is -2.20. The normalized spacial score (nSPS) is 14.2. The number of nitrogens with one attached hydrogen (secondary N) is 3. The Morgan fingerprint density at radius 2 is 1.55 bits per heavy atom. The van der Waals surface area contributed by atoms with Gasteiger partial charge in [-0.3, -0.25) is 14.6 Å². The van der Waals surface area contributed by atoms with E-state index in [1.807, 2.05) is 42.5 Å². The smallest absolute Gasteiger partial charge is 0.255 e. The number of carbonyl (C=O) groups is 2. The number of nitrogens with zero attached hydrogens (tertiary/aromatic N) is 1. The number of rotatable bonds is 5. The van der Waals surface area contributed by atoms with E-state index in [1.54, 1.807) is 24.5 Å². The van der Waals surface area contributed by atoms with Crippen molar-refractivity contribution in [2.75, 3.05) is 10.6 Å². The third-order valence-corrected chi connectivity index (χ3v) is 6.26. The van der Waals surface area contributed by atoms with Crippen molar-refractivity contribution >= 4 is 34.1 Å². The standard InChI is InChI=1S/C27H26N4O2/c32-26(19-4-2-1-3-5-19)30-23-10-11-24-21(16-23)17-25(31-24)18-6-8-22(9-7-18)29-27(33)20-12-14-28-15-13-20/h6-17,19,31H,1-5H2,(H,29,33)(H,30,32). The zero-order valence-corrected chi connectivity index (χ0v) is 18.3. The van der Waals surface area contributed by atoms with E-state index in [-0.39, 0.29) is 17.7 Å². The summed E-state index contributed by atoms with van der Waals surface area (Å²) in [6, 6.07) is 19.1. The highest BCUT2D eigenvalue weighted by molar-refractivity contribution is 6.04. The van der Waals surface area contributed by atoms with Crippen LogP contribution in [-0.2, 0) is 4.79 Å². The molecule has 0 bridgehead atoms. The molecule has 1 aliphatic carbocycles. The summed E-state index contributed by atoms with van der Waals surface area (Å²) in [4.78, 5) is 32.3. The fourth-order valence-electron chi connectivity index (χ4n) is 4.41. The van der Waals surface area contributed by atoms with Gasteiger partial charge in [-0.15, -0.1) is 0 Å². The average molecular weight is 439 g/mol. The van der Waals surface area contributed by atoms with Gasteiger partial charge in [-0.2, -0.15) is 0 Å². The molecule has 0 aliphatic heterocycles. The molecule has 166 valence electrons. The van der Waals surface area contributed by atoms with Crippen LogP contribution in [0.2, 0.25) is 0 Å². The summed E-state index contributed by atoms with van der Waals surface area (Å²) in [5, 5.41) is 7.04. The van der Waals surface area contributed by atoms with Crippen LogP contribution in [0.4, 0.5) is 11.4 Å². The first kappa shape index (κ1) is 20.9. The van der Waals surface area contributed by atoms with Crippen LogP contribution in [0.15, 0.2) is 73.1 Å². The number of carbonyl (C=O) groups excluding carboxylic acids is 2. The number of benzene rings is 2. The first-order valence-electron chi connectivity index (χ1n) is 11.4. The molecular weight excluding hydrogens is 412 g/mol.